The summed E-state index contributed by atoms with van der Waals surface area (Å²) in [5.41, 5.74) is 1.07. The van der Waals surface area contributed by atoms with E-state index in [1.165, 1.54) is 0 Å². The maximum atomic E-state index is 12.6. The zero-order chi connectivity index (χ0) is 15.2. The Bertz CT molecular complexity index is 473. The fourth-order valence-electron chi connectivity index (χ4n) is 2.74. The van der Waals surface area contributed by atoms with Crippen LogP contribution in [0, 0.1) is 6.92 Å². The molecule has 1 saturated heterocycles. The van der Waals surface area contributed by atoms with E-state index in [4.69, 9.17) is 4.74 Å². The van der Waals surface area contributed by atoms with Crippen molar-refractivity contribution in [2.45, 2.75) is 45.3 Å². The SMILES string of the molecule is CCC(Oc1ccccc1C)C(=O)N1CCC(NC)CC1.Cl. The molecule has 0 bridgehead atoms. The lowest BCUT2D eigenvalue weighted by Crippen LogP contribution is -2.48. The molecule has 0 saturated carbocycles. The van der Waals surface area contributed by atoms with Crippen LogP contribution in [0.3, 0.4) is 0 Å². The lowest BCUT2D eigenvalue weighted by Gasteiger charge is -2.34. The highest BCUT2D eigenvalue weighted by molar-refractivity contribution is 5.85. The first kappa shape index (κ1) is 18.8. The molecule has 4 nitrogen and oxygen atoms in total. The molecule has 22 heavy (non-hydrogen) atoms. The number of rotatable bonds is 5. The predicted molar refractivity (Wildman–Crippen MR) is 91.8 cm³/mol. The van der Waals surface area contributed by atoms with Gasteiger partial charge >= 0.3 is 0 Å². The third-order valence-electron chi connectivity index (χ3n) is 4.22. The number of likely N-dealkylation sites (tertiary alicyclic amines) is 1. The third-order valence-corrected chi connectivity index (χ3v) is 4.22. The second-order valence-corrected chi connectivity index (χ2v) is 5.67. The minimum Gasteiger partial charge on any atom is -0.480 e. The van der Waals surface area contributed by atoms with Crippen molar-refractivity contribution < 1.29 is 9.53 Å². The molecule has 124 valence electrons. The van der Waals surface area contributed by atoms with Crippen LogP contribution in [0.2, 0.25) is 0 Å². The number of nitrogens with one attached hydrogen (secondary N) is 1. The number of nitrogens with zero attached hydrogens (tertiary/aromatic N) is 1. The topological polar surface area (TPSA) is 41.6 Å². The molecule has 1 aliphatic heterocycles. The van der Waals surface area contributed by atoms with Gasteiger partial charge in [0.15, 0.2) is 6.10 Å². The van der Waals surface area contributed by atoms with Crippen molar-refractivity contribution in [3.8, 4) is 5.75 Å². The summed E-state index contributed by atoms with van der Waals surface area (Å²) in [5, 5.41) is 3.28. The number of piperidine rings is 1. The molecule has 1 unspecified atom stereocenters. The van der Waals surface area contributed by atoms with Crippen molar-refractivity contribution >= 4 is 18.3 Å². The van der Waals surface area contributed by atoms with Crippen LogP contribution in [0.5, 0.6) is 5.75 Å². The van der Waals surface area contributed by atoms with E-state index in [9.17, 15) is 4.79 Å². The highest BCUT2D eigenvalue weighted by Gasteiger charge is 2.28. The third kappa shape index (κ3) is 4.62. The lowest BCUT2D eigenvalue weighted by molar-refractivity contribution is -0.140. The largest absolute Gasteiger partial charge is 0.480 e. The summed E-state index contributed by atoms with van der Waals surface area (Å²) >= 11 is 0. The molecular formula is C17H27ClN2O2. The summed E-state index contributed by atoms with van der Waals surface area (Å²) in [6.45, 7) is 5.64. The monoisotopic (exact) mass is 326 g/mol. The maximum Gasteiger partial charge on any atom is 0.263 e. The van der Waals surface area contributed by atoms with Gasteiger partial charge in [0.05, 0.1) is 0 Å². The van der Waals surface area contributed by atoms with Gasteiger partial charge in [-0.15, -0.1) is 12.4 Å². The number of aryl methyl sites for hydroxylation is 1. The molecule has 1 aromatic rings. The van der Waals surface area contributed by atoms with Crippen LogP contribution in [0.25, 0.3) is 0 Å². The number of para-hydroxylation sites is 1. The van der Waals surface area contributed by atoms with E-state index < -0.39 is 0 Å². The Morgan fingerprint density at radius 1 is 1.36 bits per heavy atom. The molecule has 1 atom stereocenters. The number of carbonyl (C=O) groups excluding carboxylic acids is 1. The van der Waals surface area contributed by atoms with Crippen LogP contribution < -0.4 is 10.1 Å². The molecular weight excluding hydrogens is 300 g/mol. The van der Waals surface area contributed by atoms with E-state index in [2.05, 4.69) is 5.32 Å². The molecule has 0 aliphatic carbocycles. The van der Waals surface area contributed by atoms with Gasteiger partial charge in [0.1, 0.15) is 5.75 Å². The number of halogens is 1. The molecule has 0 spiro atoms. The summed E-state index contributed by atoms with van der Waals surface area (Å²) in [5.74, 6) is 0.929. The number of hydrogen-bond donors (Lipinski definition) is 1. The van der Waals surface area contributed by atoms with Gasteiger partial charge in [-0.2, -0.15) is 0 Å². The van der Waals surface area contributed by atoms with Crippen LogP contribution in [-0.2, 0) is 4.79 Å². The van der Waals surface area contributed by atoms with Crippen molar-refractivity contribution in [3.05, 3.63) is 29.8 Å². The number of ether oxygens (including phenoxy) is 1. The summed E-state index contributed by atoms with van der Waals surface area (Å²) in [6, 6.07) is 8.39. The fraction of sp³-hybridized carbons (Fsp3) is 0.588. The minimum atomic E-state index is -0.378. The highest BCUT2D eigenvalue weighted by Crippen LogP contribution is 2.20. The van der Waals surface area contributed by atoms with Gasteiger partial charge in [-0.05, 0) is 44.9 Å². The van der Waals surface area contributed by atoms with Gasteiger partial charge in [-0.3, -0.25) is 4.79 Å². The quantitative estimate of drug-likeness (QED) is 0.904. The molecule has 1 amide bonds. The van der Waals surface area contributed by atoms with Crippen molar-refractivity contribution in [1.29, 1.82) is 0 Å². The first-order valence-electron chi connectivity index (χ1n) is 7.84. The van der Waals surface area contributed by atoms with Crippen molar-refractivity contribution in [1.82, 2.24) is 10.2 Å². The Morgan fingerprint density at radius 2 is 2.00 bits per heavy atom. The number of amides is 1. The van der Waals surface area contributed by atoms with E-state index in [1.807, 2.05) is 50.1 Å². The lowest BCUT2D eigenvalue weighted by atomic mass is 10.0. The van der Waals surface area contributed by atoms with E-state index in [-0.39, 0.29) is 24.4 Å². The first-order valence-corrected chi connectivity index (χ1v) is 7.84. The average molecular weight is 327 g/mol. The van der Waals surface area contributed by atoms with Crippen LogP contribution in [0.1, 0.15) is 31.7 Å². The molecule has 1 N–H and O–H groups in total. The van der Waals surface area contributed by atoms with Crippen LogP contribution in [0.4, 0.5) is 0 Å². The molecule has 5 heteroatoms. The van der Waals surface area contributed by atoms with E-state index in [1.54, 1.807) is 0 Å². The summed E-state index contributed by atoms with van der Waals surface area (Å²) in [6.07, 6.45) is 2.35. The summed E-state index contributed by atoms with van der Waals surface area (Å²) < 4.78 is 5.96. The van der Waals surface area contributed by atoms with Gasteiger partial charge in [-0.1, -0.05) is 25.1 Å². The highest BCUT2D eigenvalue weighted by atomic mass is 35.5. The summed E-state index contributed by atoms with van der Waals surface area (Å²) in [7, 11) is 1.98. The molecule has 1 heterocycles. The van der Waals surface area contributed by atoms with Crippen molar-refractivity contribution in [2.75, 3.05) is 20.1 Å². The molecule has 2 rings (SSSR count). The number of hydrogen-bond acceptors (Lipinski definition) is 3. The first-order chi connectivity index (χ1) is 10.2. The standard InChI is InChI=1S/C17H26N2O2.ClH/c1-4-15(21-16-8-6-5-7-13(16)2)17(20)19-11-9-14(18-3)10-12-19;/h5-8,14-15,18H,4,9-12H2,1-3H3;1H. The van der Waals surface area contributed by atoms with Crippen molar-refractivity contribution in [3.63, 3.8) is 0 Å². The molecule has 1 aromatic carbocycles. The second kappa shape index (κ2) is 9.01. The van der Waals surface area contributed by atoms with E-state index in [0.29, 0.717) is 12.5 Å². The van der Waals surface area contributed by atoms with Crippen LogP contribution in [-0.4, -0.2) is 43.1 Å². The van der Waals surface area contributed by atoms with E-state index in [0.717, 1.165) is 37.2 Å². The van der Waals surface area contributed by atoms with Crippen LogP contribution >= 0.6 is 12.4 Å². The fourth-order valence-corrected chi connectivity index (χ4v) is 2.74. The minimum absolute atomic E-state index is 0. The number of benzene rings is 1. The summed E-state index contributed by atoms with van der Waals surface area (Å²) in [4.78, 5) is 14.6. The Balaban J connectivity index is 0.00000242. The predicted octanol–water partition coefficient (Wildman–Crippen LogP) is 2.78. The van der Waals surface area contributed by atoms with Gasteiger partial charge in [0.25, 0.3) is 5.91 Å². The van der Waals surface area contributed by atoms with Gasteiger partial charge in [0, 0.05) is 19.1 Å². The smallest absolute Gasteiger partial charge is 0.263 e. The molecule has 0 radical (unpaired) electrons. The molecule has 1 aliphatic rings. The maximum absolute atomic E-state index is 12.6. The molecule has 1 fully saturated rings. The Morgan fingerprint density at radius 3 is 2.55 bits per heavy atom. The van der Waals surface area contributed by atoms with Gasteiger partial charge < -0.3 is 15.0 Å². The van der Waals surface area contributed by atoms with Crippen molar-refractivity contribution in [2.24, 2.45) is 0 Å². The van der Waals surface area contributed by atoms with Gasteiger partial charge in [-0.25, -0.2) is 0 Å². The normalized spacial score (nSPS) is 16.8. The second-order valence-electron chi connectivity index (χ2n) is 5.67. The Kier molecular flexibility index (Phi) is 7.69. The zero-order valence-electron chi connectivity index (χ0n) is 13.7. The average Bonchev–Trinajstić information content (AvgIpc) is 2.53. The number of carbonyl (C=O) groups is 1. The van der Waals surface area contributed by atoms with Crippen LogP contribution in [0.15, 0.2) is 24.3 Å². The van der Waals surface area contributed by atoms with Gasteiger partial charge in [0.2, 0.25) is 0 Å². The van der Waals surface area contributed by atoms with E-state index >= 15 is 0 Å². The Labute approximate surface area is 139 Å². The zero-order valence-corrected chi connectivity index (χ0v) is 14.5. The Hall–Kier alpha value is -1.26. The molecule has 0 aromatic heterocycles.